The lowest BCUT2D eigenvalue weighted by Gasteiger charge is -2.39. The van der Waals surface area contributed by atoms with Gasteiger partial charge >= 0.3 is 18.2 Å². The molecule has 3 aliphatic rings. The van der Waals surface area contributed by atoms with Crippen molar-refractivity contribution in [3.8, 4) is 0 Å². The first kappa shape index (κ1) is 30.9. The second kappa shape index (κ2) is 13.6. The molecule has 2 amide bonds. The highest BCUT2D eigenvalue weighted by Crippen LogP contribution is 2.29. The zero-order valence-corrected chi connectivity index (χ0v) is 24.1. The van der Waals surface area contributed by atoms with E-state index in [2.05, 4.69) is 9.80 Å². The van der Waals surface area contributed by atoms with Crippen LogP contribution in [0.4, 0.5) is 9.59 Å². The zero-order chi connectivity index (χ0) is 28.7. The number of unbranched alkanes of at least 4 members (excludes halogenated alkanes) is 1. The number of hydrogen-bond acceptors (Lipinski definition) is 8. The number of ether oxygens (including phenoxy) is 2. The van der Waals surface area contributed by atoms with Gasteiger partial charge in [-0.25, -0.2) is 9.59 Å². The van der Waals surface area contributed by atoms with Crippen LogP contribution in [0.5, 0.6) is 0 Å². The predicted molar refractivity (Wildman–Crippen MR) is 147 cm³/mol. The number of rotatable bonds is 11. The van der Waals surface area contributed by atoms with Crippen LogP contribution in [0.2, 0.25) is 0 Å². The van der Waals surface area contributed by atoms with E-state index in [1.807, 2.05) is 32.6 Å². The first-order chi connectivity index (χ1) is 18.4. The number of aliphatic carboxylic acids is 1. The first-order valence-corrected chi connectivity index (χ1v) is 14.3. The van der Waals surface area contributed by atoms with Crippen molar-refractivity contribution in [3.63, 3.8) is 0 Å². The van der Waals surface area contributed by atoms with Crippen molar-refractivity contribution >= 4 is 24.0 Å². The van der Waals surface area contributed by atoms with Crippen LogP contribution in [0.25, 0.3) is 0 Å². The van der Waals surface area contributed by atoms with Crippen molar-refractivity contribution in [2.24, 2.45) is 11.7 Å². The first-order valence-electron chi connectivity index (χ1n) is 14.3. The van der Waals surface area contributed by atoms with Crippen LogP contribution in [0.1, 0.15) is 72.6 Å². The molecule has 222 valence electrons. The van der Waals surface area contributed by atoms with Gasteiger partial charge in [-0.05, 0) is 65.8 Å². The minimum atomic E-state index is -0.760. The van der Waals surface area contributed by atoms with Crippen LogP contribution < -0.4 is 5.73 Å². The van der Waals surface area contributed by atoms with Gasteiger partial charge in [-0.2, -0.15) is 0 Å². The summed E-state index contributed by atoms with van der Waals surface area (Å²) >= 11 is 0. The summed E-state index contributed by atoms with van der Waals surface area (Å²) in [6.45, 7) is 12.7. The number of hydrogen-bond donors (Lipinski definition) is 3. The summed E-state index contributed by atoms with van der Waals surface area (Å²) in [5.74, 6) is -0.407. The molecule has 0 aromatic rings. The Morgan fingerprint density at radius 3 is 2.41 bits per heavy atom. The standard InChI is InChI=1S/C27H48N6O6/c1-19-24(31-16-14-30(15-17-31)11-7-9-22(34)35)38-25(36)32(19)12-6-5-8-20-10-13-33(21(18-20)23(28)29)26(37)39-27(2,3)4/h19-21,24H,5-18H2,1-4H3,(H3,28,29)(H,34,35). The van der Waals surface area contributed by atoms with Crippen LogP contribution in [0, 0.1) is 11.3 Å². The summed E-state index contributed by atoms with van der Waals surface area (Å²) < 4.78 is 11.3. The molecule has 0 radical (unpaired) electrons. The van der Waals surface area contributed by atoms with Gasteiger partial charge in [-0.15, -0.1) is 0 Å². The maximum absolute atomic E-state index is 12.6. The molecule has 12 heteroatoms. The lowest BCUT2D eigenvalue weighted by Crippen LogP contribution is -2.53. The smallest absolute Gasteiger partial charge is 0.411 e. The molecular weight excluding hydrogens is 504 g/mol. The second-order valence-electron chi connectivity index (χ2n) is 12.1. The Bertz CT molecular complexity index is 871. The predicted octanol–water partition coefficient (Wildman–Crippen LogP) is 2.76. The number of piperidine rings is 1. The third-order valence-electron chi connectivity index (χ3n) is 7.95. The Morgan fingerprint density at radius 2 is 1.79 bits per heavy atom. The molecule has 3 fully saturated rings. The molecule has 0 spiro atoms. The number of amidine groups is 1. The van der Waals surface area contributed by atoms with E-state index in [1.165, 1.54) is 0 Å². The molecule has 3 heterocycles. The number of nitrogens with zero attached hydrogens (tertiary/aromatic N) is 4. The largest absolute Gasteiger partial charge is 0.481 e. The van der Waals surface area contributed by atoms with Crippen molar-refractivity contribution in [2.45, 2.75) is 96.6 Å². The summed E-state index contributed by atoms with van der Waals surface area (Å²) in [5, 5.41) is 16.8. The van der Waals surface area contributed by atoms with E-state index in [4.69, 9.17) is 25.7 Å². The number of carbonyl (C=O) groups is 3. The molecule has 3 rings (SSSR count). The second-order valence-corrected chi connectivity index (χ2v) is 12.1. The van der Waals surface area contributed by atoms with Crippen molar-refractivity contribution in [1.29, 1.82) is 5.41 Å². The third kappa shape index (κ3) is 8.96. The number of piperazine rings is 1. The normalized spacial score (nSPS) is 26.9. The summed E-state index contributed by atoms with van der Waals surface area (Å²) in [6.07, 6.45) is 4.15. The maximum Gasteiger partial charge on any atom is 0.411 e. The van der Waals surface area contributed by atoms with Crippen molar-refractivity contribution in [2.75, 3.05) is 45.8 Å². The fourth-order valence-electron chi connectivity index (χ4n) is 5.81. The van der Waals surface area contributed by atoms with E-state index < -0.39 is 23.7 Å². The average Bonchev–Trinajstić information content (AvgIpc) is 3.14. The van der Waals surface area contributed by atoms with Gasteiger partial charge < -0.3 is 30.1 Å². The van der Waals surface area contributed by atoms with E-state index in [9.17, 15) is 14.4 Å². The highest BCUT2D eigenvalue weighted by atomic mass is 16.6. The molecule has 4 atom stereocenters. The van der Waals surface area contributed by atoms with E-state index >= 15 is 0 Å². The van der Waals surface area contributed by atoms with Gasteiger partial charge in [0.1, 0.15) is 11.4 Å². The summed E-state index contributed by atoms with van der Waals surface area (Å²) in [4.78, 5) is 43.9. The van der Waals surface area contributed by atoms with E-state index in [-0.39, 0.29) is 30.6 Å². The average molecular weight is 553 g/mol. The number of carbonyl (C=O) groups excluding carboxylic acids is 2. The number of likely N-dealkylation sites (tertiary alicyclic amines) is 1. The van der Waals surface area contributed by atoms with E-state index in [0.29, 0.717) is 31.8 Å². The third-order valence-corrected chi connectivity index (χ3v) is 7.95. The lowest BCUT2D eigenvalue weighted by molar-refractivity contribution is -0.137. The summed E-state index contributed by atoms with van der Waals surface area (Å²) in [5.41, 5.74) is 5.25. The Morgan fingerprint density at radius 1 is 1.10 bits per heavy atom. The lowest BCUT2D eigenvalue weighted by atomic mass is 9.86. The molecule has 0 aliphatic carbocycles. The monoisotopic (exact) mass is 552 g/mol. The fraction of sp³-hybridized carbons (Fsp3) is 0.852. The minimum absolute atomic E-state index is 0.00803. The van der Waals surface area contributed by atoms with Crippen molar-refractivity contribution < 1.29 is 29.0 Å². The molecule has 0 saturated carbocycles. The van der Waals surface area contributed by atoms with Gasteiger partial charge in [-0.1, -0.05) is 12.8 Å². The Balaban J connectivity index is 1.39. The molecule has 4 unspecified atom stereocenters. The van der Waals surface area contributed by atoms with Crippen molar-refractivity contribution in [3.05, 3.63) is 0 Å². The number of cyclic esters (lactones) is 1. The van der Waals surface area contributed by atoms with E-state index in [0.717, 1.165) is 58.4 Å². The number of amides is 2. The Kier molecular flexibility index (Phi) is 10.8. The minimum Gasteiger partial charge on any atom is -0.481 e. The summed E-state index contributed by atoms with van der Waals surface area (Å²) in [7, 11) is 0. The molecule has 0 aromatic carbocycles. The summed E-state index contributed by atoms with van der Waals surface area (Å²) in [6, 6.07) is -0.471. The van der Waals surface area contributed by atoms with Gasteiger partial charge in [-0.3, -0.25) is 20.0 Å². The molecule has 39 heavy (non-hydrogen) atoms. The maximum atomic E-state index is 12.6. The fourth-order valence-corrected chi connectivity index (χ4v) is 5.81. The molecule has 0 bridgehead atoms. The SMILES string of the molecule is CC1C(N2CCN(CCCC(=O)O)CC2)OC(=O)N1CCCCC1CCN(C(=O)OC(C)(C)C)C(C(=N)N)C1. The Labute approximate surface area is 232 Å². The van der Waals surface area contributed by atoms with Crippen LogP contribution in [0.3, 0.4) is 0 Å². The molecule has 12 nitrogen and oxygen atoms in total. The van der Waals surface area contributed by atoms with Gasteiger partial charge in [0.2, 0.25) is 0 Å². The van der Waals surface area contributed by atoms with Gasteiger partial charge in [0.15, 0.2) is 6.23 Å². The number of nitrogens with two attached hydrogens (primary N) is 1. The highest BCUT2D eigenvalue weighted by molar-refractivity contribution is 5.86. The van der Waals surface area contributed by atoms with E-state index in [1.54, 1.807) is 4.90 Å². The van der Waals surface area contributed by atoms with Crippen LogP contribution in [-0.2, 0) is 14.3 Å². The number of carboxylic acids is 1. The van der Waals surface area contributed by atoms with Gasteiger partial charge in [0.25, 0.3) is 0 Å². The molecular formula is C27H48N6O6. The highest BCUT2D eigenvalue weighted by Gasteiger charge is 2.42. The Hall–Kier alpha value is -2.60. The van der Waals surface area contributed by atoms with Crippen molar-refractivity contribution in [1.82, 2.24) is 19.6 Å². The quantitative estimate of drug-likeness (QED) is 0.199. The number of carboxylic acid groups (broad SMARTS) is 1. The molecule has 3 saturated heterocycles. The van der Waals surface area contributed by atoms with Crippen LogP contribution in [0.15, 0.2) is 0 Å². The van der Waals surface area contributed by atoms with Gasteiger partial charge in [0.05, 0.1) is 12.1 Å². The molecule has 3 aliphatic heterocycles. The van der Waals surface area contributed by atoms with Crippen LogP contribution >= 0.6 is 0 Å². The van der Waals surface area contributed by atoms with Crippen LogP contribution in [-0.4, -0.2) is 118 Å². The topological polar surface area (TPSA) is 153 Å². The molecule has 0 aromatic heterocycles. The van der Waals surface area contributed by atoms with Gasteiger partial charge in [0, 0.05) is 45.7 Å². The number of nitrogens with one attached hydrogen (secondary N) is 1. The molecule has 4 N–H and O–H groups in total. The zero-order valence-electron chi connectivity index (χ0n) is 24.1.